The van der Waals surface area contributed by atoms with Crippen molar-refractivity contribution in [3.63, 3.8) is 0 Å². The molecule has 2 atom stereocenters. The highest BCUT2D eigenvalue weighted by Gasteiger charge is 2.29. The van der Waals surface area contributed by atoms with Crippen LogP contribution in [0.2, 0.25) is 0 Å². The van der Waals surface area contributed by atoms with Crippen molar-refractivity contribution in [1.29, 1.82) is 0 Å². The summed E-state index contributed by atoms with van der Waals surface area (Å²) in [5, 5.41) is 30.2. The number of nitrogens with one attached hydrogen (secondary N) is 2. The molecule has 42 heavy (non-hydrogen) atoms. The Morgan fingerprint density at radius 2 is 0.881 bits per heavy atom. The van der Waals surface area contributed by atoms with Crippen molar-refractivity contribution in [3.05, 3.63) is 57.6 Å². The standard InChI is InChI=1S/C36H58N2O2.Al.H2O/c1-33(2,3)25-17-23(31(39)27(19-25)35(7,8)9)21-37-29-15-13-14-16-30(29)38-22-24-18-26(34(4,5)6)20-28(32(24)40)36(10,11)12;;/h17-20,29-30,37-40H,13-16,21-22H2,1-12H3;;1H2/t29-,30-;;/m1../s1. The van der Waals surface area contributed by atoms with Crippen LogP contribution in [-0.4, -0.2) is 45.1 Å². The second kappa shape index (κ2) is 14.0. The number of hydrogen-bond acceptors (Lipinski definition) is 4. The lowest BCUT2D eigenvalue weighted by Crippen LogP contribution is -2.49. The van der Waals surface area contributed by atoms with E-state index in [4.69, 9.17) is 0 Å². The summed E-state index contributed by atoms with van der Waals surface area (Å²) in [4.78, 5) is 0. The third kappa shape index (κ3) is 9.47. The van der Waals surface area contributed by atoms with Gasteiger partial charge in [-0.15, -0.1) is 0 Å². The summed E-state index contributed by atoms with van der Waals surface area (Å²) in [5.74, 6) is 0.846. The van der Waals surface area contributed by atoms with Gasteiger partial charge in [-0.2, -0.15) is 0 Å². The maximum Gasteiger partial charge on any atom is 0.123 e. The topological polar surface area (TPSA) is 96.0 Å². The van der Waals surface area contributed by atoms with Crippen molar-refractivity contribution >= 4 is 17.4 Å². The fourth-order valence-corrected chi connectivity index (χ4v) is 5.77. The summed E-state index contributed by atoms with van der Waals surface area (Å²) in [6.07, 6.45) is 4.61. The molecule has 6 heteroatoms. The summed E-state index contributed by atoms with van der Waals surface area (Å²) in [6.45, 7) is 27.7. The molecule has 0 heterocycles. The van der Waals surface area contributed by atoms with Gasteiger partial charge in [-0.3, -0.25) is 0 Å². The Hall–Kier alpha value is -1.55. The van der Waals surface area contributed by atoms with E-state index in [1.165, 1.54) is 24.0 Å². The van der Waals surface area contributed by atoms with E-state index in [1.54, 1.807) is 0 Å². The SMILES string of the molecule is CC(C)(C)c1cc(CN[C@@H]2CCCC[C@H]2NCc2cc(C(C)(C)C)cc(C(C)(C)C)c2O)c(O)c(C(C)(C)C)c1.O.[Al]. The van der Waals surface area contributed by atoms with E-state index in [2.05, 4.69) is 118 Å². The molecule has 2 aromatic rings. The summed E-state index contributed by atoms with van der Waals surface area (Å²) >= 11 is 0. The molecule has 1 aliphatic carbocycles. The minimum atomic E-state index is -0.134. The van der Waals surface area contributed by atoms with Gasteiger partial charge < -0.3 is 26.3 Å². The van der Waals surface area contributed by atoms with Crippen molar-refractivity contribution < 1.29 is 15.7 Å². The van der Waals surface area contributed by atoms with Gasteiger partial charge >= 0.3 is 0 Å². The number of aromatic hydroxyl groups is 2. The summed E-state index contributed by atoms with van der Waals surface area (Å²) in [6, 6.07) is 9.36. The summed E-state index contributed by atoms with van der Waals surface area (Å²) in [7, 11) is 0. The normalized spacial score (nSPS) is 18.3. The van der Waals surface area contributed by atoms with Gasteiger partial charge in [-0.1, -0.05) is 120 Å². The first-order valence-electron chi connectivity index (χ1n) is 15.4. The summed E-state index contributed by atoms with van der Waals surface area (Å²) in [5.41, 5.74) is 6.25. The number of phenolic OH excluding ortho intramolecular Hbond substituents is 2. The van der Waals surface area contributed by atoms with Gasteiger partial charge in [0, 0.05) is 53.7 Å². The first-order valence-corrected chi connectivity index (χ1v) is 15.4. The number of rotatable bonds is 6. The number of phenols is 2. The Kier molecular flexibility index (Phi) is 12.9. The highest BCUT2D eigenvalue weighted by atomic mass is 27.0. The Bertz CT molecular complexity index is 1090. The van der Waals surface area contributed by atoms with E-state index >= 15 is 0 Å². The fourth-order valence-electron chi connectivity index (χ4n) is 5.77. The molecule has 0 spiro atoms. The molecule has 6 N–H and O–H groups in total. The maximum absolute atomic E-state index is 11.3. The van der Waals surface area contributed by atoms with Crippen molar-refractivity contribution in [2.75, 3.05) is 0 Å². The van der Waals surface area contributed by atoms with E-state index in [0.29, 0.717) is 36.7 Å². The molecule has 1 saturated carbocycles. The highest BCUT2D eigenvalue weighted by molar-refractivity contribution is 5.75. The van der Waals surface area contributed by atoms with Crippen LogP contribution in [0.3, 0.4) is 0 Å². The third-order valence-corrected chi connectivity index (χ3v) is 8.60. The molecule has 3 rings (SSSR count). The zero-order valence-corrected chi connectivity index (χ0v) is 29.8. The van der Waals surface area contributed by atoms with E-state index in [0.717, 1.165) is 35.1 Å². The zero-order valence-electron chi connectivity index (χ0n) is 28.7. The molecule has 0 unspecified atom stereocenters. The largest absolute Gasteiger partial charge is 0.507 e. The molecule has 5 nitrogen and oxygen atoms in total. The Morgan fingerprint density at radius 3 is 1.14 bits per heavy atom. The lowest BCUT2D eigenvalue weighted by Gasteiger charge is -2.34. The first kappa shape index (κ1) is 38.5. The van der Waals surface area contributed by atoms with Crippen LogP contribution in [0.4, 0.5) is 0 Å². The second-order valence-corrected chi connectivity index (χ2v) is 16.3. The molecule has 2 aromatic carbocycles. The molecular weight excluding hydrogens is 535 g/mol. The molecular formula is C36H60AlN2O3. The van der Waals surface area contributed by atoms with Crippen molar-refractivity contribution in [3.8, 4) is 11.5 Å². The monoisotopic (exact) mass is 595 g/mol. The van der Waals surface area contributed by atoms with Crippen molar-refractivity contribution in [1.82, 2.24) is 10.6 Å². The Labute approximate surface area is 267 Å². The van der Waals surface area contributed by atoms with Crippen LogP contribution < -0.4 is 10.6 Å². The van der Waals surface area contributed by atoms with Crippen LogP contribution in [0.1, 0.15) is 142 Å². The molecule has 0 amide bonds. The van der Waals surface area contributed by atoms with Crippen LogP contribution in [-0.2, 0) is 34.7 Å². The van der Waals surface area contributed by atoms with E-state index in [1.807, 2.05) is 0 Å². The average Bonchev–Trinajstić information content (AvgIpc) is 2.80. The smallest absolute Gasteiger partial charge is 0.123 e. The number of hydrogen-bond donors (Lipinski definition) is 4. The minimum absolute atomic E-state index is 0. The lowest BCUT2D eigenvalue weighted by molar-refractivity contribution is 0.279. The maximum atomic E-state index is 11.3. The molecule has 235 valence electrons. The van der Waals surface area contributed by atoms with Gasteiger partial charge in [0.15, 0.2) is 0 Å². The molecule has 0 aromatic heterocycles. The highest BCUT2D eigenvalue weighted by Crippen LogP contribution is 2.39. The van der Waals surface area contributed by atoms with E-state index < -0.39 is 0 Å². The average molecular weight is 596 g/mol. The van der Waals surface area contributed by atoms with Crippen LogP contribution in [0.15, 0.2) is 24.3 Å². The van der Waals surface area contributed by atoms with Gasteiger partial charge in [0.2, 0.25) is 0 Å². The number of benzene rings is 2. The van der Waals surface area contributed by atoms with Gasteiger partial charge in [-0.05, 0) is 56.8 Å². The zero-order chi connectivity index (χ0) is 30.3. The predicted molar refractivity (Wildman–Crippen MR) is 180 cm³/mol. The van der Waals surface area contributed by atoms with Gasteiger partial charge in [0.25, 0.3) is 0 Å². The molecule has 1 aliphatic rings. The van der Waals surface area contributed by atoms with Gasteiger partial charge in [0.05, 0.1) is 0 Å². The van der Waals surface area contributed by atoms with Crippen LogP contribution in [0.5, 0.6) is 11.5 Å². The van der Waals surface area contributed by atoms with Gasteiger partial charge in [0.1, 0.15) is 11.5 Å². The van der Waals surface area contributed by atoms with Crippen LogP contribution in [0, 0.1) is 0 Å². The second-order valence-electron chi connectivity index (χ2n) is 16.3. The predicted octanol–water partition coefficient (Wildman–Crippen LogP) is 7.27. The molecule has 1 fully saturated rings. The van der Waals surface area contributed by atoms with E-state index in [9.17, 15) is 10.2 Å². The van der Waals surface area contributed by atoms with E-state index in [-0.39, 0.29) is 44.5 Å². The van der Waals surface area contributed by atoms with Crippen molar-refractivity contribution in [2.24, 2.45) is 0 Å². The molecule has 3 radical (unpaired) electrons. The molecule has 0 saturated heterocycles. The van der Waals surface area contributed by atoms with Crippen molar-refractivity contribution in [2.45, 2.75) is 156 Å². The lowest BCUT2D eigenvalue weighted by atomic mass is 9.78. The van der Waals surface area contributed by atoms with Gasteiger partial charge in [-0.25, -0.2) is 0 Å². The quantitative estimate of drug-likeness (QED) is 0.264. The molecule has 0 aliphatic heterocycles. The Balaban J connectivity index is 0.00000441. The minimum Gasteiger partial charge on any atom is -0.507 e. The third-order valence-electron chi connectivity index (χ3n) is 8.60. The molecule has 0 bridgehead atoms. The fraction of sp³-hybridized carbons (Fsp3) is 0.667. The van der Waals surface area contributed by atoms with Crippen LogP contribution >= 0.6 is 0 Å². The van der Waals surface area contributed by atoms with Crippen LogP contribution in [0.25, 0.3) is 0 Å². The summed E-state index contributed by atoms with van der Waals surface area (Å²) < 4.78 is 0. The first-order chi connectivity index (χ1) is 18.2. The Morgan fingerprint density at radius 1 is 0.571 bits per heavy atom.